The van der Waals surface area contributed by atoms with E-state index in [-0.39, 0.29) is 5.78 Å². The van der Waals surface area contributed by atoms with Gasteiger partial charge in [-0.25, -0.2) is 0 Å². The van der Waals surface area contributed by atoms with Crippen LogP contribution in [0.5, 0.6) is 0 Å². The van der Waals surface area contributed by atoms with Crippen molar-refractivity contribution in [3.8, 4) is 0 Å². The van der Waals surface area contributed by atoms with Crippen LogP contribution in [0.3, 0.4) is 0 Å². The first kappa shape index (κ1) is 14.5. The van der Waals surface area contributed by atoms with Gasteiger partial charge >= 0.3 is 0 Å². The van der Waals surface area contributed by atoms with Gasteiger partial charge in [0.2, 0.25) is 0 Å². The molecule has 0 saturated carbocycles. The molecule has 0 spiro atoms. The second-order valence-corrected chi connectivity index (χ2v) is 5.23. The molecule has 106 valence electrons. The molecule has 2 rings (SSSR count). The second kappa shape index (κ2) is 6.04. The molecule has 0 aliphatic rings. The number of carbonyl (C=O) groups is 1. The summed E-state index contributed by atoms with van der Waals surface area (Å²) in [4.78, 5) is 12.5. The van der Waals surface area contributed by atoms with Crippen LogP contribution in [0.2, 0.25) is 0 Å². The van der Waals surface area contributed by atoms with Crippen LogP contribution < -0.4 is 0 Å². The molecule has 0 bridgehead atoms. The average Bonchev–Trinajstić information content (AvgIpc) is 2.83. The maximum atomic E-state index is 12.5. The minimum atomic E-state index is 0.131. The summed E-state index contributed by atoms with van der Waals surface area (Å²) in [5.41, 5.74) is 5.13. The van der Waals surface area contributed by atoms with E-state index >= 15 is 0 Å². The Balaban J connectivity index is 2.27. The van der Waals surface area contributed by atoms with Crippen molar-refractivity contribution < 1.29 is 4.79 Å². The highest BCUT2D eigenvalue weighted by molar-refractivity contribution is 5.97. The number of carbonyl (C=O) groups excluding carboxylic acids is 1. The van der Waals surface area contributed by atoms with Crippen LogP contribution in [-0.4, -0.2) is 15.6 Å². The summed E-state index contributed by atoms with van der Waals surface area (Å²) in [5.74, 6) is 0.131. The molecule has 2 aromatic rings. The van der Waals surface area contributed by atoms with Crippen molar-refractivity contribution in [3.63, 3.8) is 0 Å². The number of ketones is 1. The molecular weight excluding hydrogens is 248 g/mol. The standard InChI is InChI=1S/C17H22N2O/c1-5-14-10-15(6-2)19(18-14)11-17(20)16-9-12(3)7-8-13(16)4/h7-10H,5-6,11H2,1-4H3. The third kappa shape index (κ3) is 2.98. The molecule has 3 nitrogen and oxygen atoms in total. The first-order valence-corrected chi connectivity index (χ1v) is 7.21. The first-order valence-electron chi connectivity index (χ1n) is 7.21. The summed E-state index contributed by atoms with van der Waals surface area (Å²) >= 11 is 0. The van der Waals surface area contributed by atoms with Crippen molar-refractivity contribution in [2.24, 2.45) is 0 Å². The summed E-state index contributed by atoms with van der Waals surface area (Å²) in [6.45, 7) is 8.49. The number of hydrogen-bond donors (Lipinski definition) is 0. The van der Waals surface area contributed by atoms with Gasteiger partial charge in [0.25, 0.3) is 0 Å². The van der Waals surface area contributed by atoms with E-state index in [1.165, 1.54) is 0 Å². The molecule has 0 fully saturated rings. The van der Waals surface area contributed by atoms with Crippen LogP contribution in [0, 0.1) is 13.8 Å². The van der Waals surface area contributed by atoms with Crippen molar-refractivity contribution >= 4 is 5.78 Å². The Labute approximate surface area is 120 Å². The molecule has 0 aliphatic heterocycles. The lowest BCUT2D eigenvalue weighted by molar-refractivity contribution is 0.0965. The quantitative estimate of drug-likeness (QED) is 0.779. The van der Waals surface area contributed by atoms with Crippen LogP contribution in [0.4, 0.5) is 0 Å². The third-order valence-electron chi connectivity index (χ3n) is 3.63. The van der Waals surface area contributed by atoms with Crippen LogP contribution in [0.1, 0.15) is 46.7 Å². The molecule has 0 unspecified atom stereocenters. The smallest absolute Gasteiger partial charge is 0.184 e. The van der Waals surface area contributed by atoms with E-state index in [0.29, 0.717) is 6.54 Å². The van der Waals surface area contributed by atoms with Crippen LogP contribution in [0.25, 0.3) is 0 Å². The number of Topliss-reactive ketones (excluding diaryl/α,β-unsaturated/α-hetero) is 1. The Morgan fingerprint density at radius 2 is 1.90 bits per heavy atom. The lowest BCUT2D eigenvalue weighted by Gasteiger charge is -2.08. The summed E-state index contributed by atoms with van der Waals surface area (Å²) in [5, 5.41) is 4.51. The lowest BCUT2D eigenvalue weighted by Crippen LogP contribution is -2.15. The van der Waals surface area contributed by atoms with Crippen molar-refractivity contribution in [2.45, 2.75) is 47.1 Å². The molecule has 1 aromatic heterocycles. The van der Waals surface area contributed by atoms with Gasteiger partial charge in [-0.15, -0.1) is 0 Å². The van der Waals surface area contributed by atoms with E-state index in [1.807, 2.05) is 36.7 Å². The Kier molecular flexibility index (Phi) is 4.38. The van der Waals surface area contributed by atoms with Crippen LogP contribution >= 0.6 is 0 Å². The van der Waals surface area contributed by atoms with Crippen LogP contribution in [0.15, 0.2) is 24.3 Å². The number of hydrogen-bond acceptors (Lipinski definition) is 2. The Hall–Kier alpha value is -1.90. The van der Waals surface area contributed by atoms with Crippen molar-refractivity contribution in [1.82, 2.24) is 9.78 Å². The molecule has 3 heteroatoms. The molecule has 0 radical (unpaired) electrons. The van der Waals surface area contributed by atoms with Gasteiger partial charge < -0.3 is 0 Å². The Morgan fingerprint density at radius 1 is 1.15 bits per heavy atom. The van der Waals surface area contributed by atoms with Crippen molar-refractivity contribution in [3.05, 3.63) is 52.3 Å². The molecule has 0 amide bonds. The van der Waals surface area contributed by atoms with Crippen molar-refractivity contribution in [1.29, 1.82) is 0 Å². The summed E-state index contributed by atoms with van der Waals surface area (Å²) in [6.07, 6.45) is 1.80. The van der Waals surface area contributed by atoms with Gasteiger partial charge in [-0.1, -0.05) is 31.5 Å². The average molecular weight is 270 g/mol. The van der Waals surface area contributed by atoms with E-state index < -0.39 is 0 Å². The highest BCUT2D eigenvalue weighted by Crippen LogP contribution is 2.14. The number of rotatable bonds is 5. The Morgan fingerprint density at radius 3 is 2.55 bits per heavy atom. The van der Waals surface area contributed by atoms with E-state index in [4.69, 9.17) is 0 Å². The predicted molar refractivity (Wildman–Crippen MR) is 81.2 cm³/mol. The van der Waals surface area contributed by atoms with Gasteiger partial charge in [0.1, 0.15) is 6.54 Å². The Bertz CT molecular complexity index is 626. The van der Waals surface area contributed by atoms with E-state index in [0.717, 1.165) is 40.9 Å². The maximum Gasteiger partial charge on any atom is 0.184 e. The van der Waals surface area contributed by atoms with Gasteiger partial charge in [-0.3, -0.25) is 9.48 Å². The van der Waals surface area contributed by atoms with Crippen LogP contribution in [-0.2, 0) is 19.4 Å². The molecular formula is C17H22N2O. The second-order valence-electron chi connectivity index (χ2n) is 5.23. The molecule has 1 heterocycles. The highest BCUT2D eigenvalue weighted by Gasteiger charge is 2.13. The minimum Gasteiger partial charge on any atom is -0.292 e. The molecule has 0 atom stereocenters. The summed E-state index contributed by atoms with van der Waals surface area (Å²) in [7, 11) is 0. The fourth-order valence-corrected chi connectivity index (χ4v) is 2.37. The van der Waals surface area contributed by atoms with Gasteiger partial charge in [0.05, 0.1) is 5.69 Å². The van der Waals surface area contributed by atoms with Gasteiger partial charge in [0.15, 0.2) is 5.78 Å². The van der Waals surface area contributed by atoms with Crippen molar-refractivity contribution in [2.75, 3.05) is 0 Å². The highest BCUT2D eigenvalue weighted by atomic mass is 16.1. The number of aromatic nitrogens is 2. The zero-order chi connectivity index (χ0) is 14.7. The largest absolute Gasteiger partial charge is 0.292 e. The first-order chi connectivity index (χ1) is 9.55. The molecule has 0 N–H and O–H groups in total. The van der Waals surface area contributed by atoms with E-state index in [9.17, 15) is 4.79 Å². The SMILES string of the molecule is CCc1cc(CC)n(CC(=O)c2cc(C)ccc2C)n1. The topological polar surface area (TPSA) is 34.9 Å². The monoisotopic (exact) mass is 270 g/mol. The molecule has 0 aliphatic carbocycles. The normalized spacial score (nSPS) is 10.8. The van der Waals surface area contributed by atoms with Gasteiger partial charge in [-0.05, 0) is 44.4 Å². The molecule has 20 heavy (non-hydrogen) atoms. The lowest BCUT2D eigenvalue weighted by atomic mass is 10.0. The van der Waals surface area contributed by atoms with Gasteiger partial charge in [0, 0.05) is 11.3 Å². The minimum absolute atomic E-state index is 0.131. The van der Waals surface area contributed by atoms with Gasteiger partial charge in [-0.2, -0.15) is 5.10 Å². The maximum absolute atomic E-state index is 12.5. The zero-order valence-corrected chi connectivity index (χ0v) is 12.7. The number of benzene rings is 1. The molecule has 1 aromatic carbocycles. The number of nitrogens with zero attached hydrogens (tertiary/aromatic N) is 2. The fraction of sp³-hybridized carbons (Fsp3) is 0.412. The summed E-state index contributed by atoms with van der Waals surface area (Å²) < 4.78 is 1.85. The zero-order valence-electron chi connectivity index (χ0n) is 12.7. The third-order valence-corrected chi connectivity index (χ3v) is 3.63. The van der Waals surface area contributed by atoms with E-state index in [1.54, 1.807) is 0 Å². The molecule has 0 saturated heterocycles. The number of aryl methyl sites for hydroxylation is 4. The predicted octanol–water partition coefficient (Wildman–Crippen LogP) is 3.51. The summed E-state index contributed by atoms with van der Waals surface area (Å²) in [6, 6.07) is 8.10. The van der Waals surface area contributed by atoms with E-state index in [2.05, 4.69) is 25.0 Å². The fourth-order valence-electron chi connectivity index (χ4n) is 2.37.